The van der Waals surface area contributed by atoms with Gasteiger partial charge in [-0.15, -0.1) is 0 Å². The summed E-state index contributed by atoms with van der Waals surface area (Å²) >= 11 is 0. The van der Waals surface area contributed by atoms with Crippen molar-refractivity contribution in [2.75, 3.05) is 0 Å². The van der Waals surface area contributed by atoms with Crippen LogP contribution in [0.15, 0.2) is 50.5 Å². The maximum absolute atomic E-state index is 13.0. The first-order chi connectivity index (χ1) is 13.8. The van der Waals surface area contributed by atoms with Crippen molar-refractivity contribution in [1.82, 2.24) is 14.5 Å². The molecule has 0 aromatic carbocycles. The van der Waals surface area contributed by atoms with Crippen LogP contribution in [0.2, 0.25) is 0 Å². The highest BCUT2D eigenvalue weighted by Crippen LogP contribution is 2.40. The van der Waals surface area contributed by atoms with Gasteiger partial charge in [0.15, 0.2) is 5.76 Å². The molecule has 0 spiro atoms. The van der Waals surface area contributed by atoms with Gasteiger partial charge in [0.1, 0.15) is 11.2 Å². The number of nitrogens with zero attached hydrogens (tertiary/aromatic N) is 3. The number of ether oxygens (including phenoxy) is 1. The molecule has 0 fully saturated rings. The van der Waals surface area contributed by atoms with Gasteiger partial charge >= 0.3 is 0 Å². The third-order valence-electron chi connectivity index (χ3n) is 5.22. The molecule has 7 heteroatoms. The number of pyridine rings is 1. The largest absolute Gasteiger partial charge is 0.463 e. The first-order valence-corrected chi connectivity index (χ1v) is 9.50. The van der Waals surface area contributed by atoms with Crippen LogP contribution in [0.1, 0.15) is 31.9 Å². The number of hydrogen-bond acceptors (Lipinski definition) is 6. The van der Waals surface area contributed by atoms with Gasteiger partial charge in [-0.3, -0.25) is 9.36 Å². The molecule has 0 unspecified atom stereocenters. The molecule has 0 radical (unpaired) electrons. The topological polar surface area (TPSA) is 83.3 Å². The van der Waals surface area contributed by atoms with E-state index in [9.17, 15) is 4.79 Å². The second-order valence-corrected chi connectivity index (χ2v) is 8.21. The minimum atomic E-state index is -0.347. The fourth-order valence-corrected chi connectivity index (χ4v) is 3.92. The molecule has 4 aromatic heterocycles. The smallest absolute Gasteiger partial charge is 0.297 e. The molecular formula is C22H21N3O4. The van der Waals surface area contributed by atoms with E-state index in [0.29, 0.717) is 42.3 Å². The molecule has 1 aliphatic rings. The van der Waals surface area contributed by atoms with E-state index >= 15 is 0 Å². The Morgan fingerprint density at radius 1 is 1.34 bits per heavy atom. The molecule has 7 nitrogen and oxygen atoms in total. The molecule has 0 saturated heterocycles. The Hall–Kier alpha value is -3.19. The molecule has 0 amide bonds. The summed E-state index contributed by atoms with van der Waals surface area (Å²) in [4.78, 5) is 22.2. The van der Waals surface area contributed by atoms with Crippen molar-refractivity contribution >= 4 is 22.2 Å². The van der Waals surface area contributed by atoms with Crippen molar-refractivity contribution < 1.29 is 13.6 Å². The van der Waals surface area contributed by atoms with Crippen molar-refractivity contribution in [2.45, 2.75) is 45.9 Å². The van der Waals surface area contributed by atoms with E-state index in [1.807, 2.05) is 32.9 Å². The molecule has 0 N–H and O–H groups in total. The Morgan fingerprint density at radius 3 is 2.90 bits per heavy atom. The summed E-state index contributed by atoms with van der Waals surface area (Å²) in [6.07, 6.45) is 3.81. The van der Waals surface area contributed by atoms with Gasteiger partial charge in [-0.05, 0) is 38.5 Å². The average Bonchev–Trinajstić information content (AvgIpc) is 3.30. The number of allylic oxidation sites excluding steroid dienone is 1. The van der Waals surface area contributed by atoms with E-state index in [1.165, 1.54) is 4.57 Å². The third-order valence-corrected chi connectivity index (χ3v) is 5.22. The lowest BCUT2D eigenvalue weighted by atomic mass is 9.89. The van der Waals surface area contributed by atoms with Crippen LogP contribution in [0.3, 0.4) is 0 Å². The zero-order valence-electron chi connectivity index (χ0n) is 16.6. The number of hydrogen-bond donors (Lipinski definition) is 0. The van der Waals surface area contributed by atoms with Crippen molar-refractivity contribution in [3.8, 4) is 11.5 Å². The first kappa shape index (κ1) is 17.9. The van der Waals surface area contributed by atoms with E-state index in [1.54, 1.807) is 12.6 Å². The number of rotatable bonds is 3. The van der Waals surface area contributed by atoms with Crippen LogP contribution >= 0.6 is 0 Å². The Bertz CT molecular complexity index is 1330. The van der Waals surface area contributed by atoms with Crippen molar-refractivity contribution in [3.63, 3.8) is 0 Å². The normalized spacial score (nSPS) is 15.7. The van der Waals surface area contributed by atoms with Gasteiger partial charge in [-0.25, -0.2) is 9.97 Å². The van der Waals surface area contributed by atoms with Gasteiger partial charge in [0.05, 0.1) is 30.2 Å². The zero-order valence-corrected chi connectivity index (χ0v) is 16.6. The summed E-state index contributed by atoms with van der Waals surface area (Å²) in [7, 11) is 0. The van der Waals surface area contributed by atoms with Crippen LogP contribution in [-0.2, 0) is 24.3 Å². The minimum Gasteiger partial charge on any atom is -0.463 e. The minimum absolute atomic E-state index is 0.208. The fraction of sp³-hybridized carbons (Fsp3) is 0.318. The number of fused-ring (bicyclic) bond motifs is 5. The van der Waals surface area contributed by atoms with Crippen molar-refractivity contribution in [3.05, 3.63) is 58.4 Å². The third kappa shape index (κ3) is 2.81. The van der Waals surface area contributed by atoms with E-state index in [2.05, 4.69) is 11.6 Å². The van der Waals surface area contributed by atoms with E-state index in [-0.39, 0.29) is 16.7 Å². The lowest BCUT2D eigenvalue weighted by Crippen LogP contribution is -2.32. The van der Waals surface area contributed by atoms with E-state index < -0.39 is 0 Å². The molecule has 1 aliphatic heterocycles. The van der Waals surface area contributed by atoms with Gasteiger partial charge in [-0.1, -0.05) is 12.2 Å². The average molecular weight is 391 g/mol. The molecule has 29 heavy (non-hydrogen) atoms. The Labute approximate surface area is 166 Å². The molecule has 4 aromatic rings. The SMILES string of the molecule is C=C(C)Cn1cnc2c(oc3nc(-c4ccco4)c4c(c32)CC(C)(C)OC4)c1=O. The summed E-state index contributed by atoms with van der Waals surface area (Å²) < 4.78 is 19.1. The van der Waals surface area contributed by atoms with Crippen LogP contribution in [0, 0.1) is 0 Å². The highest BCUT2D eigenvalue weighted by Gasteiger charge is 2.33. The molecular weight excluding hydrogens is 370 g/mol. The Balaban J connectivity index is 1.86. The number of furan rings is 2. The summed E-state index contributed by atoms with van der Waals surface area (Å²) in [6, 6.07) is 3.67. The van der Waals surface area contributed by atoms with Gasteiger partial charge in [0, 0.05) is 18.5 Å². The molecule has 0 atom stereocenters. The quantitative estimate of drug-likeness (QED) is 0.486. The zero-order chi connectivity index (χ0) is 20.3. The summed E-state index contributed by atoms with van der Waals surface area (Å²) in [6.45, 7) is 10.6. The lowest BCUT2D eigenvalue weighted by Gasteiger charge is -2.32. The summed E-state index contributed by atoms with van der Waals surface area (Å²) in [5.74, 6) is 0.638. The Morgan fingerprint density at radius 2 is 2.17 bits per heavy atom. The van der Waals surface area contributed by atoms with Gasteiger partial charge in [-0.2, -0.15) is 0 Å². The van der Waals surface area contributed by atoms with E-state index in [4.69, 9.17) is 18.6 Å². The maximum Gasteiger partial charge on any atom is 0.297 e. The number of aromatic nitrogens is 3. The van der Waals surface area contributed by atoms with Crippen molar-refractivity contribution in [1.29, 1.82) is 0 Å². The first-order valence-electron chi connectivity index (χ1n) is 9.50. The predicted molar refractivity (Wildman–Crippen MR) is 109 cm³/mol. The molecule has 5 heterocycles. The molecule has 5 rings (SSSR count). The highest BCUT2D eigenvalue weighted by molar-refractivity contribution is 6.04. The molecule has 0 aliphatic carbocycles. The van der Waals surface area contributed by atoms with Gasteiger partial charge < -0.3 is 13.6 Å². The van der Waals surface area contributed by atoms with Crippen LogP contribution in [0.5, 0.6) is 0 Å². The van der Waals surface area contributed by atoms with Crippen molar-refractivity contribution in [2.24, 2.45) is 0 Å². The summed E-state index contributed by atoms with van der Waals surface area (Å²) in [5, 5.41) is 0.779. The summed E-state index contributed by atoms with van der Waals surface area (Å²) in [5.41, 5.74) is 4.07. The standard InChI is InChI=1S/C22H21N3O4/c1-12(2)9-25-11-23-18-16-13-8-22(3,4)28-10-14(13)17(15-6-5-7-27-15)24-20(16)29-19(18)21(25)26/h5-7,11H,1,8-10H2,2-4H3. The van der Waals surface area contributed by atoms with Crippen LogP contribution in [0.25, 0.3) is 33.7 Å². The van der Waals surface area contributed by atoms with Crippen LogP contribution in [0.4, 0.5) is 0 Å². The van der Waals surface area contributed by atoms with Crippen LogP contribution < -0.4 is 5.56 Å². The van der Waals surface area contributed by atoms with Gasteiger partial charge in [0.25, 0.3) is 5.56 Å². The second kappa shape index (κ2) is 6.15. The second-order valence-electron chi connectivity index (χ2n) is 8.21. The lowest BCUT2D eigenvalue weighted by molar-refractivity contribution is -0.0395. The maximum atomic E-state index is 13.0. The molecule has 0 saturated carbocycles. The Kier molecular flexibility index (Phi) is 3.79. The van der Waals surface area contributed by atoms with Crippen LogP contribution in [-0.4, -0.2) is 20.1 Å². The predicted octanol–water partition coefficient (Wildman–Crippen LogP) is 4.23. The molecule has 148 valence electrons. The van der Waals surface area contributed by atoms with Gasteiger partial charge in [0.2, 0.25) is 11.3 Å². The monoisotopic (exact) mass is 391 g/mol. The van der Waals surface area contributed by atoms with E-state index in [0.717, 1.165) is 22.1 Å². The fourth-order valence-electron chi connectivity index (χ4n) is 3.92. The highest BCUT2D eigenvalue weighted by atomic mass is 16.5. The molecule has 0 bridgehead atoms.